The van der Waals surface area contributed by atoms with Crippen molar-refractivity contribution in [2.24, 2.45) is 0 Å². The Morgan fingerprint density at radius 2 is 2.20 bits per heavy atom. The highest BCUT2D eigenvalue weighted by atomic mass is 79.9. The zero-order valence-corrected chi connectivity index (χ0v) is 12.7. The number of amides is 1. The third-order valence-corrected chi connectivity index (χ3v) is 3.86. The fourth-order valence-corrected chi connectivity index (χ4v) is 2.43. The van der Waals surface area contributed by atoms with E-state index < -0.39 is 0 Å². The Morgan fingerprint density at radius 1 is 1.45 bits per heavy atom. The van der Waals surface area contributed by atoms with Crippen molar-refractivity contribution in [1.29, 1.82) is 0 Å². The van der Waals surface area contributed by atoms with E-state index in [1.807, 2.05) is 0 Å². The largest absolute Gasteiger partial charge is 0.378 e. The van der Waals surface area contributed by atoms with Crippen molar-refractivity contribution in [3.8, 4) is 0 Å². The zero-order chi connectivity index (χ0) is 14.4. The maximum absolute atomic E-state index is 13.1. The van der Waals surface area contributed by atoms with E-state index in [9.17, 15) is 9.18 Å². The number of hydrogen-bond donors (Lipinski definition) is 2. The molecule has 0 aliphatic carbocycles. The van der Waals surface area contributed by atoms with Crippen LogP contribution in [-0.4, -0.2) is 31.7 Å². The molecule has 110 valence electrons. The first kappa shape index (κ1) is 15.4. The number of halogens is 2. The van der Waals surface area contributed by atoms with Crippen molar-refractivity contribution >= 4 is 27.5 Å². The minimum atomic E-state index is -0.380. The molecule has 0 radical (unpaired) electrons. The SMILES string of the molecule is O=C(CCOC1CCNCC1)Nc1cc(F)ccc1Br. The van der Waals surface area contributed by atoms with Crippen molar-refractivity contribution in [3.05, 3.63) is 28.5 Å². The van der Waals surface area contributed by atoms with Crippen LogP contribution in [0.1, 0.15) is 19.3 Å². The lowest BCUT2D eigenvalue weighted by Gasteiger charge is -2.22. The summed E-state index contributed by atoms with van der Waals surface area (Å²) in [6.45, 7) is 2.32. The first-order chi connectivity index (χ1) is 9.65. The number of carbonyl (C=O) groups excluding carboxylic acids is 1. The van der Waals surface area contributed by atoms with Gasteiger partial charge in [0.25, 0.3) is 0 Å². The maximum atomic E-state index is 13.1. The average Bonchev–Trinajstić information content (AvgIpc) is 2.44. The van der Waals surface area contributed by atoms with Crippen LogP contribution in [0.5, 0.6) is 0 Å². The topological polar surface area (TPSA) is 50.4 Å². The van der Waals surface area contributed by atoms with E-state index in [1.54, 1.807) is 6.07 Å². The van der Waals surface area contributed by atoms with E-state index in [2.05, 4.69) is 26.6 Å². The first-order valence-corrected chi connectivity index (χ1v) is 7.51. The van der Waals surface area contributed by atoms with Gasteiger partial charge in [0.15, 0.2) is 0 Å². The fourth-order valence-electron chi connectivity index (χ4n) is 2.09. The zero-order valence-electron chi connectivity index (χ0n) is 11.1. The minimum Gasteiger partial charge on any atom is -0.378 e. The Kier molecular flexibility index (Phi) is 5.94. The molecule has 0 aromatic heterocycles. The van der Waals surface area contributed by atoms with Crippen LogP contribution in [0.4, 0.5) is 10.1 Å². The number of carbonyl (C=O) groups is 1. The predicted molar refractivity (Wildman–Crippen MR) is 79.2 cm³/mol. The Balaban J connectivity index is 1.73. The van der Waals surface area contributed by atoms with Gasteiger partial charge < -0.3 is 15.4 Å². The predicted octanol–water partition coefficient (Wildman–Crippen LogP) is 2.69. The smallest absolute Gasteiger partial charge is 0.226 e. The molecule has 1 saturated heterocycles. The molecule has 0 bridgehead atoms. The van der Waals surface area contributed by atoms with Crippen molar-refractivity contribution < 1.29 is 13.9 Å². The van der Waals surface area contributed by atoms with Gasteiger partial charge in [-0.05, 0) is 60.1 Å². The highest BCUT2D eigenvalue weighted by molar-refractivity contribution is 9.10. The summed E-state index contributed by atoms with van der Waals surface area (Å²) in [7, 11) is 0. The van der Waals surface area contributed by atoms with Crippen molar-refractivity contribution in [3.63, 3.8) is 0 Å². The van der Waals surface area contributed by atoms with Gasteiger partial charge in [0, 0.05) is 4.47 Å². The Bertz CT molecular complexity index is 464. The number of benzene rings is 1. The Hall–Kier alpha value is -0.980. The average molecular weight is 345 g/mol. The molecule has 6 heteroatoms. The van der Waals surface area contributed by atoms with Crippen molar-refractivity contribution in [2.75, 3.05) is 25.0 Å². The van der Waals surface area contributed by atoms with Crippen LogP contribution >= 0.6 is 15.9 Å². The van der Waals surface area contributed by atoms with Gasteiger partial charge in [-0.25, -0.2) is 4.39 Å². The molecule has 1 aromatic rings. The summed E-state index contributed by atoms with van der Waals surface area (Å²) in [5.41, 5.74) is 0.442. The quantitative estimate of drug-likeness (QED) is 0.863. The molecular formula is C14H18BrFN2O2. The van der Waals surface area contributed by atoms with Crippen LogP contribution in [0, 0.1) is 5.82 Å². The fraction of sp³-hybridized carbons (Fsp3) is 0.500. The molecule has 4 nitrogen and oxygen atoms in total. The number of nitrogens with one attached hydrogen (secondary N) is 2. The van der Waals surface area contributed by atoms with Crippen LogP contribution < -0.4 is 10.6 Å². The summed E-state index contributed by atoms with van der Waals surface area (Å²) in [4.78, 5) is 11.8. The maximum Gasteiger partial charge on any atom is 0.226 e. The molecule has 0 atom stereocenters. The molecular weight excluding hydrogens is 327 g/mol. The lowest BCUT2D eigenvalue weighted by Crippen LogP contribution is -2.33. The third kappa shape index (κ3) is 4.85. The van der Waals surface area contributed by atoms with E-state index >= 15 is 0 Å². The molecule has 1 fully saturated rings. The van der Waals surface area contributed by atoms with Gasteiger partial charge in [-0.3, -0.25) is 4.79 Å². The number of anilines is 1. The lowest BCUT2D eigenvalue weighted by atomic mass is 10.1. The summed E-state index contributed by atoms with van der Waals surface area (Å²) in [6.07, 6.45) is 2.48. The Labute approximate surface area is 126 Å². The normalized spacial score (nSPS) is 16.1. The standard InChI is InChI=1S/C14H18BrFN2O2/c15-12-2-1-10(16)9-13(12)18-14(19)5-8-20-11-3-6-17-7-4-11/h1-2,9,11,17H,3-8H2,(H,18,19). The van der Waals surface area contributed by atoms with Crippen molar-refractivity contribution in [2.45, 2.75) is 25.4 Å². The monoisotopic (exact) mass is 344 g/mol. The van der Waals surface area contributed by atoms with E-state index in [1.165, 1.54) is 12.1 Å². The van der Waals surface area contributed by atoms with Crippen LogP contribution in [0.3, 0.4) is 0 Å². The summed E-state index contributed by atoms with van der Waals surface area (Å²) in [6, 6.07) is 4.19. The summed E-state index contributed by atoms with van der Waals surface area (Å²) in [5.74, 6) is -0.556. The summed E-state index contributed by atoms with van der Waals surface area (Å²) >= 11 is 3.27. The van der Waals surface area contributed by atoms with E-state index in [0.29, 0.717) is 16.8 Å². The Morgan fingerprint density at radius 3 is 2.95 bits per heavy atom. The molecule has 1 aliphatic heterocycles. The van der Waals surface area contributed by atoms with Gasteiger partial charge in [-0.15, -0.1) is 0 Å². The lowest BCUT2D eigenvalue weighted by molar-refractivity contribution is -0.117. The van der Waals surface area contributed by atoms with Crippen LogP contribution in [-0.2, 0) is 9.53 Å². The van der Waals surface area contributed by atoms with E-state index in [4.69, 9.17) is 4.74 Å². The molecule has 1 heterocycles. The first-order valence-electron chi connectivity index (χ1n) is 6.72. The molecule has 0 saturated carbocycles. The number of ether oxygens (including phenoxy) is 1. The third-order valence-electron chi connectivity index (χ3n) is 3.17. The number of rotatable bonds is 5. The van der Waals surface area contributed by atoms with E-state index in [0.717, 1.165) is 25.9 Å². The number of hydrogen-bond acceptors (Lipinski definition) is 3. The summed E-state index contributed by atoms with van der Waals surface area (Å²) < 4.78 is 19.4. The molecule has 0 unspecified atom stereocenters. The van der Waals surface area contributed by atoms with Crippen molar-refractivity contribution in [1.82, 2.24) is 5.32 Å². The second-order valence-electron chi connectivity index (χ2n) is 4.74. The van der Waals surface area contributed by atoms with E-state index in [-0.39, 0.29) is 24.2 Å². The minimum absolute atomic E-state index is 0.176. The van der Waals surface area contributed by atoms with Crippen LogP contribution in [0.2, 0.25) is 0 Å². The molecule has 1 aromatic carbocycles. The van der Waals surface area contributed by atoms with Gasteiger partial charge in [0.2, 0.25) is 5.91 Å². The van der Waals surface area contributed by atoms with Crippen LogP contribution in [0.15, 0.2) is 22.7 Å². The summed E-state index contributed by atoms with van der Waals surface area (Å²) in [5, 5.41) is 5.93. The molecule has 20 heavy (non-hydrogen) atoms. The second kappa shape index (κ2) is 7.71. The van der Waals surface area contributed by atoms with Gasteiger partial charge in [-0.2, -0.15) is 0 Å². The van der Waals surface area contributed by atoms with Gasteiger partial charge in [-0.1, -0.05) is 0 Å². The highest BCUT2D eigenvalue weighted by Crippen LogP contribution is 2.23. The second-order valence-corrected chi connectivity index (χ2v) is 5.60. The molecule has 0 spiro atoms. The van der Waals surface area contributed by atoms with Gasteiger partial charge in [0.05, 0.1) is 24.8 Å². The van der Waals surface area contributed by atoms with Gasteiger partial charge in [0.1, 0.15) is 5.82 Å². The molecule has 2 N–H and O–H groups in total. The molecule has 1 amide bonds. The molecule has 1 aliphatic rings. The van der Waals surface area contributed by atoms with Crippen LogP contribution in [0.25, 0.3) is 0 Å². The highest BCUT2D eigenvalue weighted by Gasteiger charge is 2.14. The number of piperidine rings is 1. The van der Waals surface area contributed by atoms with Gasteiger partial charge >= 0.3 is 0 Å². The molecule has 2 rings (SSSR count).